The van der Waals surface area contributed by atoms with Crippen LogP contribution in [0.2, 0.25) is 5.02 Å². The van der Waals surface area contributed by atoms with Crippen molar-refractivity contribution in [2.45, 2.75) is 13.5 Å². The Kier molecular flexibility index (Phi) is 6.01. The van der Waals surface area contributed by atoms with Crippen molar-refractivity contribution in [3.63, 3.8) is 0 Å². The molecule has 28 heavy (non-hydrogen) atoms. The lowest BCUT2D eigenvalue weighted by molar-refractivity contribution is 0.0945. The number of rotatable bonds is 5. The molecule has 0 saturated carbocycles. The van der Waals surface area contributed by atoms with Crippen molar-refractivity contribution in [1.82, 2.24) is 10.3 Å². The van der Waals surface area contributed by atoms with Crippen molar-refractivity contribution in [2.75, 3.05) is 5.32 Å². The molecule has 5 nitrogen and oxygen atoms in total. The van der Waals surface area contributed by atoms with Gasteiger partial charge in [0.15, 0.2) is 0 Å². The standard InChI is InChI=1S/C21H17ClFN3O2/c1-13-16(22)6-4-8-18(13)26-20(27)14-9-10-24-19(11-14)21(28)25-12-15-5-2-3-7-17(15)23/h2-11H,12H2,1H3,(H,25,28)(H,26,27). The van der Waals surface area contributed by atoms with Crippen LogP contribution in [0.25, 0.3) is 0 Å². The Morgan fingerprint density at radius 2 is 1.86 bits per heavy atom. The highest BCUT2D eigenvalue weighted by Gasteiger charge is 2.14. The van der Waals surface area contributed by atoms with Gasteiger partial charge in [-0.25, -0.2) is 4.39 Å². The van der Waals surface area contributed by atoms with Gasteiger partial charge in [-0.1, -0.05) is 35.9 Å². The number of nitrogens with zero attached hydrogens (tertiary/aromatic N) is 1. The lowest BCUT2D eigenvalue weighted by Gasteiger charge is -2.10. The number of pyridine rings is 1. The van der Waals surface area contributed by atoms with Crippen molar-refractivity contribution in [3.8, 4) is 0 Å². The predicted molar refractivity (Wildman–Crippen MR) is 106 cm³/mol. The quantitative estimate of drug-likeness (QED) is 0.671. The number of nitrogens with one attached hydrogen (secondary N) is 2. The zero-order valence-electron chi connectivity index (χ0n) is 15.0. The number of aromatic nitrogens is 1. The molecule has 1 heterocycles. The first-order valence-corrected chi connectivity index (χ1v) is 8.87. The van der Waals surface area contributed by atoms with Crippen LogP contribution in [-0.2, 0) is 6.54 Å². The minimum atomic E-state index is -0.503. The van der Waals surface area contributed by atoms with E-state index < -0.39 is 17.6 Å². The molecule has 0 unspecified atom stereocenters. The summed E-state index contributed by atoms with van der Waals surface area (Å²) in [6.45, 7) is 1.82. The molecule has 2 N–H and O–H groups in total. The van der Waals surface area contributed by atoms with E-state index in [0.717, 1.165) is 5.56 Å². The van der Waals surface area contributed by atoms with Crippen LogP contribution >= 0.6 is 11.6 Å². The molecular weight excluding hydrogens is 381 g/mol. The number of amides is 2. The fourth-order valence-electron chi connectivity index (χ4n) is 2.54. The molecule has 3 aromatic rings. The summed E-state index contributed by atoms with van der Waals surface area (Å²) in [7, 11) is 0. The Balaban J connectivity index is 1.70. The van der Waals surface area contributed by atoms with E-state index in [1.165, 1.54) is 24.4 Å². The minimum Gasteiger partial charge on any atom is -0.347 e. The molecule has 0 aliphatic rings. The molecule has 0 aliphatic carbocycles. The molecule has 0 fully saturated rings. The van der Waals surface area contributed by atoms with Gasteiger partial charge >= 0.3 is 0 Å². The van der Waals surface area contributed by atoms with Gasteiger partial charge in [0.25, 0.3) is 11.8 Å². The van der Waals surface area contributed by atoms with Gasteiger partial charge in [-0.05, 0) is 42.8 Å². The zero-order chi connectivity index (χ0) is 20.1. The normalized spacial score (nSPS) is 10.4. The van der Waals surface area contributed by atoms with Crippen LogP contribution in [0.15, 0.2) is 60.8 Å². The van der Waals surface area contributed by atoms with Crippen LogP contribution in [0.1, 0.15) is 32.0 Å². The fourth-order valence-corrected chi connectivity index (χ4v) is 2.72. The summed E-state index contributed by atoms with van der Waals surface area (Å²) >= 11 is 6.07. The second-order valence-electron chi connectivity index (χ2n) is 6.07. The molecule has 3 rings (SSSR count). The first kappa shape index (κ1) is 19.5. The van der Waals surface area contributed by atoms with Crippen molar-refractivity contribution in [1.29, 1.82) is 0 Å². The van der Waals surface area contributed by atoms with Crippen LogP contribution in [-0.4, -0.2) is 16.8 Å². The molecule has 142 valence electrons. The topological polar surface area (TPSA) is 71.1 Å². The molecule has 0 spiro atoms. The fraction of sp³-hybridized carbons (Fsp3) is 0.0952. The first-order valence-electron chi connectivity index (χ1n) is 8.50. The van der Waals surface area contributed by atoms with E-state index in [1.807, 2.05) is 0 Å². The van der Waals surface area contributed by atoms with Gasteiger partial charge in [-0.3, -0.25) is 14.6 Å². The average Bonchev–Trinajstić information content (AvgIpc) is 2.70. The Morgan fingerprint density at radius 1 is 1.07 bits per heavy atom. The monoisotopic (exact) mass is 397 g/mol. The molecule has 2 aromatic carbocycles. The molecule has 0 aliphatic heterocycles. The molecular formula is C21H17ClFN3O2. The maximum atomic E-state index is 13.7. The van der Waals surface area contributed by atoms with Crippen LogP contribution < -0.4 is 10.6 Å². The lowest BCUT2D eigenvalue weighted by atomic mass is 10.1. The highest BCUT2D eigenvalue weighted by atomic mass is 35.5. The predicted octanol–water partition coefficient (Wildman–Crippen LogP) is 4.36. The number of anilines is 1. The Labute approximate surface area is 166 Å². The third-order valence-electron chi connectivity index (χ3n) is 4.17. The maximum absolute atomic E-state index is 13.7. The van der Waals surface area contributed by atoms with Crippen LogP contribution in [0.3, 0.4) is 0 Å². The SMILES string of the molecule is Cc1c(Cl)cccc1NC(=O)c1ccnc(C(=O)NCc2ccccc2F)c1. The molecule has 0 radical (unpaired) electrons. The zero-order valence-corrected chi connectivity index (χ0v) is 15.8. The van der Waals surface area contributed by atoms with Crippen LogP contribution in [0.5, 0.6) is 0 Å². The summed E-state index contributed by atoms with van der Waals surface area (Å²) in [5.74, 6) is -1.30. The minimum absolute atomic E-state index is 0.0192. The van der Waals surface area contributed by atoms with Gasteiger partial charge in [-0.2, -0.15) is 0 Å². The van der Waals surface area contributed by atoms with E-state index in [9.17, 15) is 14.0 Å². The van der Waals surface area contributed by atoms with Gasteiger partial charge in [0, 0.05) is 34.6 Å². The summed E-state index contributed by atoms with van der Waals surface area (Å²) in [6, 6.07) is 14.3. The number of hydrogen-bond acceptors (Lipinski definition) is 3. The number of hydrogen-bond donors (Lipinski definition) is 2. The molecule has 7 heteroatoms. The summed E-state index contributed by atoms with van der Waals surface area (Å²) in [6.07, 6.45) is 1.37. The third kappa shape index (κ3) is 4.53. The smallest absolute Gasteiger partial charge is 0.270 e. The molecule has 2 amide bonds. The molecule has 0 bridgehead atoms. The number of carbonyl (C=O) groups excluding carboxylic acids is 2. The van der Waals surface area contributed by atoms with Crippen molar-refractivity contribution in [2.24, 2.45) is 0 Å². The van der Waals surface area contributed by atoms with Crippen molar-refractivity contribution < 1.29 is 14.0 Å². The van der Waals surface area contributed by atoms with Gasteiger partial charge < -0.3 is 10.6 Å². The highest BCUT2D eigenvalue weighted by molar-refractivity contribution is 6.31. The number of carbonyl (C=O) groups is 2. The number of benzene rings is 2. The molecule has 0 atom stereocenters. The van der Waals surface area contributed by atoms with E-state index in [0.29, 0.717) is 16.3 Å². The summed E-state index contributed by atoms with van der Waals surface area (Å²) < 4.78 is 13.7. The van der Waals surface area contributed by atoms with E-state index in [1.54, 1.807) is 43.3 Å². The Morgan fingerprint density at radius 3 is 2.64 bits per heavy atom. The van der Waals surface area contributed by atoms with Gasteiger partial charge in [0.1, 0.15) is 11.5 Å². The average molecular weight is 398 g/mol. The van der Waals surface area contributed by atoms with Gasteiger partial charge in [0.05, 0.1) is 0 Å². The largest absolute Gasteiger partial charge is 0.347 e. The maximum Gasteiger partial charge on any atom is 0.270 e. The van der Waals surface area contributed by atoms with Crippen molar-refractivity contribution >= 4 is 29.1 Å². The summed E-state index contributed by atoms with van der Waals surface area (Å²) in [4.78, 5) is 28.8. The van der Waals surface area contributed by atoms with Crippen LogP contribution in [0.4, 0.5) is 10.1 Å². The first-order chi connectivity index (χ1) is 13.5. The van der Waals surface area contributed by atoms with E-state index in [-0.39, 0.29) is 17.8 Å². The molecule has 0 saturated heterocycles. The Hall–Kier alpha value is -3.25. The van der Waals surface area contributed by atoms with Crippen LogP contribution in [0, 0.1) is 12.7 Å². The lowest BCUT2D eigenvalue weighted by Crippen LogP contribution is -2.25. The van der Waals surface area contributed by atoms with E-state index in [4.69, 9.17) is 11.6 Å². The van der Waals surface area contributed by atoms with Crippen molar-refractivity contribution in [3.05, 3.63) is 94.0 Å². The highest BCUT2D eigenvalue weighted by Crippen LogP contribution is 2.23. The second-order valence-corrected chi connectivity index (χ2v) is 6.48. The molecule has 1 aromatic heterocycles. The van der Waals surface area contributed by atoms with E-state index >= 15 is 0 Å². The number of halogens is 2. The van der Waals surface area contributed by atoms with Gasteiger partial charge in [0.2, 0.25) is 0 Å². The summed E-state index contributed by atoms with van der Waals surface area (Å²) in [5.41, 5.74) is 2.02. The Bertz CT molecular complexity index is 1040. The van der Waals surface area contributed by atoms with Gasteiger partial charge in [-0.15, -0.1) is 0 Å². The summed E-state index contributed by atoms with van der Waals surface area (Å²) in [5, 5.41) is 5.91. The second kappa shape index (κ2) is 8.63. The third-order valence-corrected chi connectivity index (χ3v) is 4.58. The van der Waals surface area contributed by atoms with E-state index in [2.05, 4.69) is 15.6 Å².